The van der Waals surface area contributed by atoms with Gasteiger partial charge in [-0.2, -0.15) is 0 Å². The molecule has 1 heteroatoms. The lowest BCUT2D eigenvalue weighted by atomic mass is 10.0. The molecule has 3 aromatic rings. The van der Waals surface area contributed by atoms with Crippen LogP contribution in [0.15, 0.2) is 83.9 Å². The number of aliphatic imine (C=N–C) groups is 1. The van der Waals surface area contributed by atoms with Gasteiger partial charge in [0.15, 0.2) is 0 Å². The van der Waals surface area contributed by atoms with E-state index in [1.165, 1.54) is 16.7 Å². The van der Waals surface area contributed by atoms with Crippen molar-refractivity contribution in [2.75, 3.05) is 0 Å². The molecule has 0 radical (unpaired) electrons. The van der Waals surface area contributed by atoms with E-state index in [1.54, 1.807) is 0 Å². The molecule has 3 aromatic carbocycles. The summed E-state index contributed by atoms with van der Waals surface area (Å²) in [5.41, 5.74) is 6.90. The van der Waals surface area contributed by atoms with E-state index in [2.05, 4.69) is 91.6 Å². The number of rotatable bonds is 3. The smallest absolute Gasteiger partial charge is 0.0633 e. The van der Waals surface area contributed by atoms with Gasteiger partial charge in [-0.25, -0.2) is 0 Å². The Hall–Kier alpha value is -2.67. The van der Waals surface area contributed by atoms with Gasteiger partial charge in [0.25, 0.3) is 0 Å². The van der Waals surface area contributed by atoms with Gasteiger partial charge >= 0.3 is 0 Å². The molecule has 108 valence electrons. The molecular formula is C21H19N. The van der Waals surface area contributed by atoms with Crippen molar-refractivity contribution in [3.05, 3.63) is 90.0 Å². The Kier molecular flexibility index (Phi) is 4.15. The largest absolute Gasteiger partial charge is 0.253 e. The summed E-state index contributed by atoms with van der Waals surface area (Å²) >= 11 is 0. The minimum atomic E-state index is 0.996. The van der Waals surface area contributed by atoms with Crippen LogP contribution in [0.3, 0.4) is 0 Å². The Morgan fingerprint density at radius 1 is 0.682 bits per heavy atom. The monoisotopic (exact) mass is 285 g/mol. The third-order valence-corrected chi connectivity index (χ3v) is 3.74. The number of hydrogen-bond acceptors (Lipinski definition) is 1. The number of benzene rings is 3. The van der Waals surface area contributed by atoms with Crippen molar-refractivity contribution in [1.29, 1.82) is 0 Å². The third kappa shape index (κ3) is 3.32. The van der Waals surface area contributed by atoms with E-state index in [4.69, 9.17) is 0 Å². The summed E-state index contributed by atoms with van der Waals surface area (Å²) in [6, 6.07) is 27.3. The molecule has 0 saturated heterocycles. The second-order valence-corrected chi connectivity index (χ2v) is 5.48. The summed E-state index contributed by atoms with van der Waals surface area (Å²) in [5, 5.41) is 0. The van der Waals surface area contributed by atoms with E-state index in [0.717, 1.165) is 17.0 Å². The van der Waals surface area contributed by atoms with E-state index < -0.39 is 0 Å². The molecule has 0 aliphatic rings. The van der Waals surface area contributed by atoms with Gasteiger partial charge in [0, 0.05) is 5.71 Å². The van der Waals surface area contributed by atoms with Crippen molar-refractivity contribution in [1.82, 2.24) is 0 Å². The summed E-state index contributed by atoms with van der Waals surface area (Å²) < 4.78 is 0. The highest BCUT2D eigenvalue weighted by Crippen LogP contribution is 2.20. The molecule has 0 atom stereocenters. The van der Waals surface area contributed by atoms with Crippen molar-refractivity contribution < 1.29 is 0 Å². The Balaban J connectivity index is 1.84. The van der Waals surface area contributed by atoms with Crippen LogP contribution in [0.4, 0.5) is 5.69 Å². The zero-order valence-corrected chi connectivity index (χ0v) is 13.0. The lowest BCUT2D eigenvalue weighted by Gasteiger charge is -2.05. The third-order valence-electron chi connectivity index (χ3n) is 3.74. The maximum Gasteiger partial charge on any atom is 0.0633 e. The lowest BCUT2D eigenvalue weighted by Crippen LogP contribution is -1.93. The van der Waals surface area contributed by atoms with Crippen LogP contribution in [0.2, 0.25) is 0 Å². The van der Waals surface area contributed by atoms with Crippen LogP contribution in [0.5, 0.6) is 0 Å². The molecule has 0 aliphatic heterocycles. The Labute approximate surface area is 132 Å². The zero-order chi connectivity index (χ0) is 15.4. The standard InChI is InChI=1S/C21H19N/c1-16-8-14-21(15-9-16)22-17(2)18-10-12-20(13-11-18)19-6-4-3-5-7-19/h3-15H,1-2H3. The summed E-state index contributed by atoms with van der Waals surface area (Å²) in [5.74, 6) is 0. The SMILES string of the molecule is CC(=Nc1ccc(C)cc1)c1ccc(-c2ccccc2)cc1. The average Bonchev–Trinajstić information content (AvgIpc) is 2.58. The van der Waals surface area contributed by atoms with Crippen molar-refractivity contribution in [2.45, 2.75) is 13.8 Å². The van der Waals surface area contributed by atoms with E-state index in [0.29, 0.717) is 0 Å². The van der Waals surface area contributed by atoms with Crippen molar-refractivity contribution in [3.8, 4) is 11.1 Å². The minimum Gasteiger partial charge on any atom is -0.253 e. The van der Waals surface area contributed by atoms with E-state index >= 15 is 0 Å². The molecule has 0 N–H and O–H groups in total. The Morgan fingerprint density at radius 3 is 1.91 bits per heavy atom. The van der Waals surface area contributed by atoms with Crippen molar-refractivity contribution in [2.24, 2.45) is 4.99 Å². The average molecular weight is 285 g/mol. The minimum absolute atomic E-state index is 0.996. The normalized spacial score (nSPS) is 11.5. The topological polar surface area (TPSA) is 12.4 Å². The Bertz CT molecular complexity index is 766. The highest BCUT2D eigenvalue weighted by atomic mass is 14.7. The van der Waals surface area contributed by atoms with Gasteiger partial charge in [-0.3, -0.25) is 4.99 Å². The number of nitrogens with zero attached hydrogens (tertiary/aromatic N) is 1. The fourth-order valence-corrected chi connectivity index (χ4v) is 2.41. The summed E-state index contributed by atoms with van der Waals surface area (Å²) in [7, 11) is 0. The zero-order valence-electron chi connectivity index (χ0n) is 13.0. The first-order valence-corrected chi connectivity index (χ1v) is 7.50. The first-order chi connectivity index (χ1) is 10.7. The quantitative estimate of drug-likeness (QED) is 0.539. The van der Waals surface area contributed by atoms with Crippen LogP contribution >= 0.6 is 0 Å². The van der Waals surface area contributed by atoms with Gasteiger partial charge in [0.05, 0.1) is 5.69 Å². The highest BCUT2D eigenvalue weighted by Gasteiger charge is 2.00. The van der Waals surface area contributed by atoms with Crippen LogP contribution in [-0.2, 0) is 0 Å². The van der Waals surface area contributed by atoms with Crippen molar-refractivity contribution in [3.63, 3.8) is 0 Å². The van der Waals surface area contributed by atoms with Crippen LogP contribution < -0.4 is 0 Å². The predicted molar refractivity (Wildman–Crippen MR) is 94.9 cm³/mol. The van der Waals surface area contributed by atoms with E-state index in [-0.39, 0.29) is 0 Å². The molecule has 1 nitrogen and oxygen atoms in total. The van der Waals surface area contributed by atoms with Gasteiger partial charge in [-0.05, 0) is 42.7 Å². The van der Waals surface area contributed by atoms with Crippen LogP contribution in [0.25, 0.3) is 11.1 Å². The molecule has 0 unspecified atom stereocenters. The van der Waals surface area contributed by atoms with Crippen LogP contribution in [0.1, 0.15) is 18.1 Å². The van der Waals surface area contributed by atoms with Crippen LogP contribution in [0, 0.1) is 6.92 Å². The number of hydrogen-bond donors (Lipinski definition) is 0. The van der Waals surface area contributed by atoms with Gasteiger partial charge < -0.3 is 0 Å². The summed E-state index contributed by atoms with van der Waals surface area (Å²) in [6.45, 7) is 4.14. The number of aryl methyl sites for hydroxylation is 1. The van der Waals surface area contributed by atoms with Crippen molar-refractivity contribution >= 4 is 11.4 Å². The molecule has 0 heterocycles. The summed E-state index contributed by atoms with van der Waals surface area (Å²) in [4.78, 5) is 4.69. The Morgan fingerprint density at radius 2 is 1.27 bits per heavy atom. The maximum atomic E-state index is 4.69. The fourth-order valence-electron chi connectivity index (χ4n) is 2.41. The molecule has 0 bridgehead atoms. The van der Waals surface area contributed by atoms with Crippen LogP contribution in [-0.4, -0.2) is 5.71 Å². The summed E-state index contributed by atoms with van der Waals surface area (Å²) in [6.07, 6.45) is 0. The molecule has 0 amide bonds. The molecule has 0 aromatic heterocycles. The molecule has 0 saturated carbocycles. The van der Waals surface area contributed by atoms with E-state index in [9.17, 15) is 0 Å². The van der Waals surface area contributed by atoms with E-state index in [1.807, 2.05) is 6.07 Å². The molecule has 0 spiro atoms. The molecular weight excluding hydrogens is 266 g/mol. The molecule has 3 rings (SSSR count). The second-order valence-electron chi connectivity index (χ2n) is 5.48. The highest BCUT2D eigenvalue weighted by molar-refractivity contribution is 6.00. The fraction of sp³-hybridized carbons (Fsp3) is 0.0952. The molecule has 22 heavy (non-hydrogen) atoms. The van der Waals surface area contributed by atoms with Gasteiger partial charge in [0.2, 0.25) is 0 Å². The first-order valence-electron chi connectivity index (χ1n) is 7.50. The first kappa shape index (κ1) is 14.3. The second kappa shape index (κ2) is 6.40. The lowest BCUT2D eigenvalue weighted by molar-refractivity contribution is 1.42. The molecule has 0 aliphatic carbocycles. The molecule has 0 fully saturated rings. The maximum absolute atomic E-state index is 4.69. The van der Waals surface area contributed by atoms with Gasteiger partial charge in [-0.15, -0.1) is 0 Å². The predicted octanol–water partition coefficient (Wildman–Crippen LogP) is 5.80. The van der Waals surface area contributed by atoms with Gasteiger partial charge in [0.1, 0.15) is 0 Å². The van der Waals surface area contributed by atoms with Gasteiger partial charge in [-0.1, -0.05) is 72.3 Å².